The minimum atomic E-state index is -0.452. The second-order valence-electron chi connectivity index (χ2n) is 6.45. The lowest BCUT2D eigenvalue weighted by atomic mass is 10.1. The molecule has 148 valence electrons. The van der Waals surface area contributed by atoms with Gasteiger partial charge in [0.05, 0.1) is 24.1 Å². The third-order valence-corrected chi connectivity index (χ3v) is 4.93. The summed E-state index contributed by atoms with van der Waals surface area (Å²) in [6.45, 7) is 3.94. The van der Waals surface area contributed by atoms with Crippen molar-refractivity contribution in [3.05, 3.63) is 71.4 Å². The average Bonchev–Trinajstić information content (AvgIpc) is 2.72. The number of rotatable bonds is 6. The standard InChI is InChI=1S/C22H21N3O3S/c1-14-7-9-16(10-8-14)19-11-15(2)23-22(25-19)29-13-20(26)24-18-6-4-5-17(12-18)21(27)28-3/h4-12H,13H2,1-3H3,(H,24,26). The quantitative estimate of drug-likeness (QED) is 0.373. The van der Waals surface area contributed by atoms with E-state index < -0.39 is 5.97 Å². The summed E-state index contributed by atoms with van der Waals surface area (Å²) in [6.07, 6.45) is 0. The number of carbonyl (C=O) groups is 2. The third-order valence-electron chi connectivity index (χ3n) is 4.08. The zero-order chi connectivity index (χ0) is 20.8. The van der Waals surface area contributed by atoms with Crippen LogP contribution in [0.15, 0.2) is 59.8 Å². The first-order chi connectivity index (χ1) is 13.9. The van der Waals surface area contributed by atoms with Gasteiger partial charge < -0.3 is 10.1 Å². The lowest BCUT2D eigenvalue weighted by Gasteiger charge is -2.08. The predicted octanol–water partition coefficient (Wildman–Crippen LogP) is 4.28. The van der Waals surface area contributed by atoms with Gasteiger partial charge in [-0.3, -0.25) is 4.79 Å². The first kappa shape index (κ1) is 20.5. The topological polar surface area (TPSA) is 81.2 Å². The van der Waals surface area contributed by atoms with Gasteiger partial charge in [0.2, 0.25) is 5.91 Å². The van der Waals surface area contributed by atoms with Crippen LogP contribution < -0.4 is 5.32 Å². The minimum absolute atomic E-state index is 0.152. The smallest absolute Gasteiger partial charge is 0.337 e. The molecule has 3 aromatic rings. The molecule has 0 fully saturated rings. The summed E-state index contributed by atoms with van der Waals surface area (Å²) in [5.74, 6) is -0.509. The molecule has 0 aliphatic rings. The fraction of sp³-hybridized carbons (Fsp3) is 0.182. The number of nitrogens with zero attached hydrogens (tertiary/aromatic N) is 2. The molecule has 1 heterocycles. The number of amides is 1. The first-order valence-corrected chi connectivity index (χ1v) is 9.97. The van der Waals surface area contributed by atoms with Gasteiger partial charge in [-0.2, -0.15) is 0 Å². The number of hydrogen-bond donors (Lipinski definition) is 1. The maximum absolute atomic E-state index is 12.3. The molecule has 0 saturated heterocycles. The second kappa shape index (κ2) is 9.34. The summed E-state index contributed by atoms with van der Waals surface area (Å²) in [5, 5.41) is 3.32. The van der Waals surface area contributed by atoms with Crippen molar-refractivity contribution in [2.45, 2.75) is 19.0 Å². The van der Waals surface area contributed by atoms with Crippen molar-refractivity contribution < 1.29 is 14.3 Å². The van der Waals surface area contributed by atoms with Crippen LogP contribution in [0.2, 0.25) is 0 Å². The number of anilines is 1. The fourth-order valence-corrected chi connectivity index (χ4v) is 3.35. The molecule has 0 spiro atoms. The summed E-state index contributed by atoms with van der Waals surface area (Å²) < 4.78 is 4.69. The molecule has 0 atom stereocenters. The summed E-state index contributed by atoms with van der Waals surface area (Å²) in [5.41, 5.74) is 4.76. The lowest BCUT2D eigenvalue weighted by molar-refractivity contribution is -0.113. The zero-order valence-electron chi connectivity index (χ0n) is 16.4. The van der Waals surface area contributed by atoms with Crippen LogP contribution in [-0.2, 0) is 9.53 Å². The summed E-state index contributed by atoms with van der Waals surface area (Å²) in [6, 6.07) is 16.6. The second-order valence-corrected chi connectivity index (χ2v) is 7.39. The van der Waals surface area contributed by atoms with Gasteiger partial charge in [-0.15, -0.1) is 0 Å². The lowest BCUT2D eigenvalue weighted by Crippen LogP contribution is -2.15. The van der Waals surface area contributed by atoms with Crippen LogP contribution in [0.3, 0.4) is 0 Å². The van der Waals surface area contributed by atoms with E-state index in [-0.39, 0.29) is 11.7 Å². The monoisotopic (exact) mass is 407 g/mol. The Morgan fingerprint density at radius 2 is 1.79 bits per heavy atom. The molecule has 2 aromatic carbocycles. The van der Waals surface area contributed by atoms with Crippen LogP contribution >= 0.6 is 11.8 Å². The minimum Gasteiger partial charge on any atom is -0.465 e. The molecular formula is C22H21N3O3S. The third kappa shape index (κ3) is 5.65. The van der Waals surface area contributed by atoms with E-state index in [1.165, 1.54) is 24.4 Å². The number of esters is 1. The van der Waals surface area contributed by atoms with E-state index in [1.807, 2.05) is 44.2 Å². The van der Waals surface area contributed by atoms with Gasteiger partial charge in [0.15, 0.2) is 5.16 Å². The molecule has 0 aliphatic heterocycles. The molecule has 6 nitrogen and oxygen atoms in total. The molecular weight excluding hydrogens is 386 g/mol. The maximum atomic E-state index is 12.3. The number of carbonyl (C=O) groups excluding carboxylic acids is 2. The highest BCUT2D eigenvalue weighted by Gasteiger charge is 2.10. The number of aryl methyl sites for hydroxylation is 2. The van der Waals surface area contributed by atoms with Gasteiger partial charge in [-0.05, 0) is 38.1 Å². The first-order valence-electron chi connectivity index (χ1n) is 8.98. The highest BCUT2D eigenvalue weighted by Crippen LogP contribution is 2.22. The molecule has 1 N–H and O–H groups in total. The number of hydrogen-bond acceptors (Lipinski definition) is 6. The van der Waals surface area contributed by atoms with Crippen LogP contribution in [0.5, 0.6) is 0 Å². The average molecular weight is 407 g/mol. The van der Waals surface area contributed by atoms with Gasteiger partial charge in [-0.25, -0.2) is 14.8 Å². The molecule has 0 aliphatic carbocycles. The number of aromatic nitrogens is 2. The van der Waals surface area contributed by atoms with E-state index >= 15 is 0 Å². The maximum Gasteiger partial charge on any atom is 0.337 e. The molecule has 0 bridgehead atoms. The molecule has 7 heteroatoms. The summed E-state index contributed by atoms with van der Waals surface area (Å²) >= 11 is 1.26. The van der Waals surface area contributed by atoms with Gasteiger partial charge in [0.1, 0.15) is 0 Å². The number of thioether (sulfide) groups is 1. The predicted molar refractivity (Wildman–Crippen MR) is 114 cm³/mol. The van der Waals surface area contributed by atoms with Crippen LogP contribution in [0.1, 0.15) is 21.6 Å². The molecule has 0 saturated carbocycles. The van der Waals surface area contributed by atoms with Gasteiger partial charge in [0.25, 0.3) is 0 Å². The summed E-state index contributed by atoms with van der Waals surface area (Å²) in [4.78, 5) is 32.9. The molecule has 0 radical (unpaired) electrons. The van der Waals surface area contributed by atoms with Crippen molar-refractivity contribution >= 4 is 29.3 Å². The van der Waals surface area contributed by atoms with Crippen LogP contribution in [0, 0.1) is 13.8 Å². The number of benzene rings is 2. The Morgan fingerprint density at radius 1 is 1.03 bits per heavy atom. The fourth-order valence-electron chi connectivity index (χ4n) is 2.65. The van der Waals surface area contributed by atoms with Gasteiger partial charge in [0, 0.05) is 16.9 Å². The summed E-state index contributed by atoms with van der Waals surface area (Å²) in [7, 11) is 1.32. The van der Waals surface area contributed by atoms with Crippen molar-refractivity contribution in [2.75, 3.05) is 18.2 Å². The van der Waals surface area contributed by atoms with Crippen molar-refractivity contribution in [1.29, 1.82) is 0 Å². The Hall–Kier alpha value is -3.19. The van der Waals surface area contributed by atoms with E-state index in [2.05, 4.69) is 15.3 Å². The van der Waals surface area contributed by atoms with Gasteiger partial charge in [-0.1, -0.05) is 47.7 Å². The van der Waals surface area contributed by atoms with Crippen LogP contribution in [0.4, 0.5) is 5.69 Å². The van der Waals surface area contributed by atoms with Crippen LogP contribution in [-0.4, -0.2) is 34.7 Å². The molecule has 0 unspecified atom stereocenters. The SMILES string of the molecule is COC(=O)c1cccc(NC(=O)CSc2nc(C)cc(-c3ccc(C)cc3)n2)c1. The Kier molecular flexibility index (Phi) is 6.61. The highest BCUT2D eigenvalue weighted by molar-refractivity contribution is 7.99. The Balaban J connectivity index is 1.66. The van der Waals surface area contributed by atoms with E-state index in [0.717, 1.165) is 17.0 Å². The molecule has 1 aromatic heterocycles. The van der Waals surface area contributed by atoms with E-state index in [9.17, 15) is 9.59 Å². The highest BCUT2D eigenvalue weighted by atomic mass is 32.2. The van der Waals surface area contributed by atoms with Gasteiger partial charge >= 0.3 is 5.97 Å². The molecule has 1 amide bonds. The van der Waals surface area contributed by atoms with E-state index in [4.69, 9.17) is 4.74 Å². The number of nitrogens with one attached hydrogen (secondary N) is 1. The molecule has 3 rings (SSSR count). The number of methoxy groups -OCH3 is 1. The van der Waals surface area contributed by atoms with Crippen molar-refractivity contribution in [3.8, 4) is 11.3 Å². The van der Waals surface area contributed by atoms with Crippen molar-refractivity contribution in [2.24, 2.45) is 0 Å². The largest absolute Gasteiger partial charge is 0.465 e. The molecule has 29 heavy (non-hydrogen) atoms. The zero-order valence-corrected chi connectivity index (χ0v) is 17.2. The van der Waals surface area contributed by atoms with Crippen molar-refractivity contribution in [3.63, 3.8) is 0 Å². The Labute approximate surface area is 173 Å². The normalized spacial score (nSPS) is 10.4. The van der Waals surface area contributed by atoms with E-state index in [0.29, 0.717) is 16.4 Å². The van der Waals surface area contributed by atoms with Crippen molar-refractivity contribution in [1.82, 2.24) is 9.97 Å². The number of ether oxygens (including phenoxy) is 1. The Morgan fingerprint density at radius 3 is 2.52 bits per heavy atom. The Bertz CT molecular complexity index is 1040. The van der Waals surface area contributed by atoms with Crippen LogP contribution in [0.25, 0.3) is 11.3 Å². The van der Waals surface area contributed by atoms with E-state index in [1.54, 1.807) is 24.3 Å².